The van der Waals surface area contributed by atoms with Crippen LogP contribution in [0, 0.1) is 5.92 Å². The van der Waals surface area contributed by atoms with E-state index in [-0.39, 0.29) is 0 Å². The molecule has 2 nitrogen and oxygen atoms in total. The van der Waals surface area contributed by atoms with Gasteiger partial charge in [0.1, 0.15) is 5.75 Å². The molecule has 0 radical (unpaired) electrons. The molecule has 1 fully saturated rings. The molecule has 1 aliphatic heterocycles. The second-order valence-corrected chi connectivity index (χ2v) is 5.32. The van der Waals surface area contributed by atoms with Crippen LogP contribution in [-0.4, -0.2) is 29.6 Å². The third-order valence-electron chi connectivity index (χ3n) is 3.62. The predicted octanol–water partition coefficient (Wildman–Crippen LogP) is 3.06. The summed E-state index contributed by atoms with van der Waals surface area (Å²) in [5, 5.41) is 9.21. The molecular weight excluding hydrogens is 210 g/mol. The minimum absolute atomic E-state index is 0.360. The van der Waals surface area contributed by atoms with Gasteiger partial charge in [0.05, 0.1) is 0 Å². The fraction of sp³-hybridized carbons (Fsp3) is 0.600. The fourth-order valence-corrected chi connectivity index (χ4v) is 2.66. The first-order valence-corrected chi connectivity index (χ1v) is 6.74. The molecule has 2 heteroatoms. The van der Waals surface area contributed by atoms with Crippen molar-refractivity contribution in [1.82, 2.24) is 4.90 Å². The number of aromatic hydroxyl groups is 1. The van der Waals surface area contributed by atoms with Gasteiger partial charge in [0.25, 0.3) is 0 Å². The molecule has 1 aromatic rings. The Bertz CT molecular complexity index is 333. The first-order valence-electron chi connectivity index (χ1n) is 6.74. The molecule has 0 aromatic heterocycles. The SMILES string of the molecule is CC1CCCN(CCCc2ccc(O)cc2)C1. The van der Waals surface area contributed by atoms with Crippen molar-refractivity contribution in [3.8, 4) is 5.75 Å². The van der Waals surface area contributed by atoms with Gasteiger partial charge in [-0.2, -0.15) is 0 Å². The van der Waals surface area contributed by atoms with Crippen LogP contribution in [-0.2, 0) is 6.42 Å². The van der Waals surface area contributed by atoms with Gasteiger partial charge in [-0.05, 0) is 62.4 Å². The van der Waals surface area contributed by atoms with E-state index in [1.54, 1.807) is 12.1 Å². The molecule has 0 bridgehead atoms. The van der Waals surface area contributed by atoms with Gasteiger partial charge in [-0.25, -0.2) is 0 Å². The third kappa shape index (κ3) is 4.04. The van der Waals surface area contributed by atoms with E-state index in [2.05, 4.69) is 11.8 Å². The quantitative estimate of drug-likeness (QED) is 0.864. The number of likely N-dealkylation sites (tertiary alicyclic amines) is 1. The second-order valence-electron chi connectivity index (χ2n) is 5.32. The zero-order valence-corrected chi connectivity index (χ0v) is 10.7. The Morgan fingerprint density at radius 3 is 2.76 bits per heavy atom. The molecule has 94 valence electrons. The first-order chi connectivity index (χ1) is 8.24. The molecule has 0 aliphatic carbocycles. The van der Waals surface area contributed by atoms with Gasteiger partial charge in [-0.1, -0.05) is 19.1 Å². The monoisotopic (exact) mass is 233 g/mol. The van der Waals surface area contributed by atoms with Gasteiger partial charge in [0.2, 0.25) is 0 Å². The lowest BCUT2D eigenvalue weighted by molar-refractivity contribution is 0.182. The Morgan fingerprint density at radius 1 is 1.29 bits per heavy atom. The molecule has 1 heterocycles. The highest BCUT2D eigenvalue weighted by Crippen LogP contribution is 2.16. The number of rotatable bonds is 4. The Balaban J connectivity index is 1.70. The second kappa shape index (κ2) is 6.06. The summed E-state index contributed by atoms with van der Waals surface area (Å²) in [6.45, 7) is 6.12. The molecule has 0 spiro atoms. The predicted molar refractivity (Wildman–Crippen MR) is 71.3 cm³/mol. The maximum atomic E-state index is 9.21. The third-order valence-corrected chi connectivity index (χ3v) is 3.62. The number of nitrogens with zero attached hydrogens (tertiary/aromatic N) is 1. The average Bonchev–Trinajstić information content (AvgIpc) is 2.32. The minimum Gasteiger partial charge on any atom is -0.508 e. The van der Waals surface area contributed by atoms with Crippen molar-refractivity contribution in [2.45, 2.75) is 32.6 Å². The topological polar surface area (TPSA) is 23.5 Å². The van der Waals surface area contributed by atoms with Crippen LogP contribution in [0.4, 0.5) is 0 Å². The molecular formula is C15H23NO. The molecule has 1 N–H and O–H groups in total. The molecule has 1 aliphatic rings. The van der Waals surface area contributed by atoms with Crippen molar-refractivity contribution in [3.63, 3.8) is 0 Å². The van der Waals surface area contributed by atoms with Gasteiger partial charge in [-0.15, -0.1) is 0 Å². The van der Waals surface area contributed by atoms with Crippen LogP contribution in [0.1, 0.15) is 31.7 Å². The zero-order chi connectivity index (χ0) is 12.1. The van der Waals surface area contributed by atoms with Gasteiger partial charge >= 0.3 is 0 Å². The largest absolute Gasteiger partial charge is 0.508 e. The summed E-state index contributed by atoms with van der Waals surface area (Å²) >= 11 is 0. The van der Waals surface area contributed by atoms with E-state index in [1.807, 2.05) is 12.1 Å². The van der Waals surface area contributed by atoms with Crippen molar-refractivity contribution >= 4 is 0 Å². The van der Waals surface area contributed by atoms with Gasteiger partial charge < -0.3 is 10.0 Å². The lowest BCUT2D eigenvalue weighted by Crippen LogP contribution is -2.35. The molecule has 1 aromatic carbocycles. The highest BCUT2D eigenvalue weighted by molar-refractivity contribution is 5.25. The van der Waals surface area contributed by atoms with Crippen LogP contribution >= 0.6 is 0 Å². The normalized spacial score (nSPS) is 21.6. The standard InChI is InChI=1S/C15H23NO/c1-13-4-2-10-16(12-13)11-3-5-14-6-8-15(17)9-7-14/h6-9,13,17H,2-5,10-12H2,1H3. The van der Waals surface area contributed by atoms with Crippen LogP contribution in [0.25, 0.3) is 0 Å². The molecule has 17 heavy (non-hydrogen) atoms. The van der Waals surface area contributed by atoms with Crippen molar-refractivity contribution < 1.29 is 5.11 Å². The van der Waals surface area contributed by atoms with Crippen LogP contribution < -0.4 is 0 Å². The van der Waals surface area contributed by atoms with Crippen molar-refractivity contribution in [3.05, 3.63) is 29.8 Å². The number of hydrogen-bond donors (Lipinski definition) is 1. The maximum absolute atomic E-state index is 9.21. The molecule has 1 unspecified atom stereocenters. The first kappa shape index (κ1) is 12.4. The van der Waals surface area contributed by atoms with Gasteiger partial charge in [0.15, 0.2) is 0 Å². The van der Waals surface area contributed by atoms with Crippen LogP contribution in [0.2, 0.25) is 0 Å². The van der Waals surface area contributed by atoms with Crippen molar-refractivity contribution in [1.29, 1.82) is 0 Å². The van der Waals surface area contributed by atoms with E-state index >= 15 is 0 Å². The van der Waals surface area contributed by atoms with Gasteiger partial charge in [0, 0.05) is 6.54 Å². The summed E-state index contributed by atoms with van der Waals surface area (Å²) in [4.78, 5) is 2.59. The number of piperidine rings is 1. The summed E-state index contributed by atoms with van der Waals surface area (Å²) in [7, 11) is 0. The van der Waals surface area contributed by atoms with Crippen LogP contribution in [0.3, 0.4) is 0 Å². The number of benzene rings is 1. The van der Waals surface area contributed by atoms with Gasteiger partial charge in [-0.3, -0.25) is 0 Å². The Hall–Kier alpha value is -1.02. The van der Waals surface area contributed by atoms with E-state index in [9.17, 15) is 5.11 Å². The number of phenolic OH excluding ortho intramolecular Hbond substituents is 1. The van der Waals surface area contributed by atoms with Crippen LogP contribution in [0.5, 0.6) is 5.75 Å². The van der Waals surface area contributed by atoms with Crippen LogP contribution in [0.15, 0.2) is 24.3 Å². The number of aryl methyl sites for hydroxylation is 1. The Labute approximate surface area is 104 Å². The lowest BCUT2D eigenvalue weighted by atomic mass is 10.00. The highest BCUT2D eigenvalue weighted by atomic mass is 16.3. The van der Waals surface area contributed by atoms with E-state index < -0.39 is 0 Å². The van der Waals surface area contributed by atoms with Crippen molar-refractivity contribution in [2.24, 2.45) is 5.92 Å². The lowest BCUT2D eigenvalue weighted by Gasteiger charge is -2.30. The summed E-state index contributed by atoms with van der Waals surface area (Å²) in [6, 6.07) is 7.60. The number of hydrogen-bond acceptors (Lipinski definition) is 2. The number of phenols is 1. The van der Waals surface area contributed by atoms with E-state index in [1.165, 1.54) is 44.5 Å². The highest BCUT2D eigenvalue weighted by Gasteiger charge is 2.15. The summed E-state index contributed by atoms with van der Waals surface area (Å²) in [6.07, 6.45) is 5.09. The Morgan fingerprint density at radius 2 is 2.06 bits per heavy atom. The molecule has 1 saturated heterocycles. The summed E-state index contributed by atoms with van der Waals surface area (Å²) in [5.41, 5.74) is 1.33. The molecule has 0 saturated carbocycles. The van der Waals surface area contributed by atoms with Crippen molar-refractivity contribution in [2.75, 3.05) is 19.6 Å². The van der Waals surface area contributed by atoms with E-state index in [4.69, 9.17) is 0 Å². The minimum atomic E-state index is 0.360. The summed E-state index contributed by atoms with van der Waals surface area (Å²) < 4.78 is 0. The molecule has 0 amide bonds. The molecule has 2 rings (SSSR count). The summed E-state index contributed by atoms with van der Waals surface area (Å²) in [5.74, 6) is 1.23. The smallest absolute Gasteiger partial charge is 0.115 e. The Kier molecular flexibility index (Phi) is 4.43. The van der Waals surface area contributed by atoms with E-state index in [0.29, 0.717) is 5.75 Å². The average molecular weight is 233 g/mol. The zero-order valence-electron chi connectivity index (χ0n) is 10.7. The molecule has 1 atom stereocenters. The maximum Gasteiger partial charge on any atom is 0.115 e. The fourth-order valence-electron chi connectivity index (χ4n) is 2.66. The van der Waals surface area contributed by atoms with E-state index in [0.717, 1.165) is 12.3 Å².